The molecule has 0 radical (unpaired) electrons. The molecule has 2 heterocycles. The second-order valence-corrected chi connectivity index (χ2v) is 6.96. The van der Waals surface area contributed by atoms with Crippen LogP contribution in [0.3, 0.4) is 0 Å². The number of carbonyl (C=O) groups is 1. The SMILES string of the molecule is C=C(/C=C\C=C/C)Nc1cc(=O)c2cc(NCC=O)c(C)nc2n1C1=CC=CCC=C1.CN. The molecule has 0 spiro atoms. The fourth-order valence-corrected chi connectivity index (χ4v) is 3.22. The van der Waals surface area contributed by atoms with E-state index in [1.165, 1.54) is 7.05 Å². The summed E-state index contributed by atoms with van der Waals surface area (Å²) < 4.78 is 1.91. The lowest BCUT2D eigenvalue weighted by molar-refractivity contribution is -0.106. The average molecular weight is 446 g/mol. The van der Waals surface area contributed by atoms with Gasteiger partial charge in [-0.05, 0) is 51.6 Å². The molecule has 7 nitrogen and oxygen atoms in total. The first-order chi connectivity index (χ1) is 16.0. The van der Waals surface area contributed by atoms with E-state index in [0.717, 1.165) is 18.4 Å². The number of fused-ring (bicyclic) bond motifs is 1. The van der Waals surface area contributed by atoms with E-state index in [0.29, 0.717) is 33.9 Å². The molecule has 2 aromatic heterocycles. The normalized spacial score (nSPS) is 12.9. The van der Waals surface area contributed by atoms with Crippen LogP contribution in [0.25, 0.3) is 16.7 Å². The van der Waals surface area contributed by atoms with Crippen molar-refractivity contribution >= 4 is 34.5 Å². The molecule has 0 saturated carbocycles. The van der Waals surface area contributed by atoms with Gasteiger partial charge in [-0.1, -0.05) is 43.0 Å². The molecule has 4 N–H and O–H groups in total. The number of aryl methyl sites for hydroxylation is 1. The highest BCUT2D eigenvalue weighted by Gasteiger charge is 2.15. The van der Waals surface area contributed by atoms with Crippen molar-refractivity contribution in [1.82, 2.24) is 9.55 Å². The zero-order valence-electron chi connectivity index (χ0n) is 19.3. The molecule has 3 rings (SSSR count). The molecule has 1 aliphatic rings. The summed E-state index contributed by atoms with van der Waals surface area (Å²) in [5, 5.41) is 6.70. The van der Waals surface area contributed by atoms with Gasteiger partial charge in [0.05, 0.1) is 23.3 Å². The van der Waals surface area contributed by atoms with Crippen LogP contribution in [-0.4, -0.2) is 29.4 Å². The monoisotopic (exact) mass is 445 g/mol. The Morgan fingerprint density at radius 2 is 2.06 bits per heavy atom. The van der Waals surface area contributed by atoms with Crippen LogP contribution in [0.4, 0.5) is 11.5 Å². The Balaban J connectivity index is 0.00000187. The van der Waals surface area contributed by atoms with Crippen LogP contribution in [0.15, 0.2) is 83.9 Å². The smallest absolute Gasteiger partial charge is 0.193 e. The minimum Gasteiger partial charge on any atom is -0.377 e. The number of anilines is 2. The average Bonchev–Trinajstić information content (AvgIpc) is 3.09. The zero-order chi connectivity index (χ0) is 24.2. The highest BCUT2D eigenvalue weighted by atomic mass is 16.1. The highest BCUT2D eigenvalue weighted by molar-refractivity contribution is 5.87. The Labute approximate surface area is 194 Å². The Bertz CT molecular complexity index is 1210. The van der Waals surface area contributed by atoms with E-state index in [1.807, 2.05) is 60.9 Å². The summed E-state index contributed by atoms with van der Waals surface area (Å²) >= 11 is 0. The van der Waals surface area contributed by atoms with Crippen molar-refractivity contribution in [3.05, 3.63) is 95.0 Å². The third-order valence-electron chi connectivity index (χ3n) is 4.67. The maximum Gasteiger partial charge on any atom is 0.193 e. The van der Waals surface area contributed by atoms with E-state index in [-0.39, 0.29) is 12.0 Å². The Morgan fingerprint density at radius 1 is 1.27 bits per heavy atom. The molecule has 1 aliphatic carbocycles. The van der Waals surface area contributed by atoms with Crippen LogP contribution < -0.4 is 21.8 Å². The van der Waals surface area contributed by atoms with Gasteiger partial charge in [-0.3, -0.25) is 9.36 Å². The lowest BCUT2D eigenvalue weighted by Gasteiger charge is -2.19. The molecule has 0 saturated heterocycles. The summed E-state index contributed by atoms with van der Waals surface area (Å²) in [5.41, 5.74) is 7.72. The molecule has 2 aromatic rings. The fourth-order valence-electron chi connectivity index (χ4n) is 3.22. The standard InChI is InChI=1S/C25H26N4O2.CH5N/c1-4-5-8-11-18(2)27-24-17-23(31)21-16-22(26-14-15-30)19(3)28-25(21)29(24)20-12-9-6-7-10-13-20;1-2/h4-6,8-13,15-17,26-27H,2,7,14H2,1,3H3;2H2,1H3/b5-4-,11-8-;. The Hall–Kier alpha value is -3.97. The quantitative estimate of drug-likeness (QED) is 0.413. The molecule has 0 amide bonds. The first-order valence-corrected chi connectivity index (χ1v) is 10.7. The summed E-state index contributed by atoms with van der Waals surface area (Å²) in [4.78, 5) is 28.5. The van der Waals surface area contributed by atoms with Crippen molar-refractivity contribution in [1.29, 1.82) is 0 Å². The van der Waals surface area contributed by atoms with Crippen molar-refractivity contribution in [2.75, 3.05) is 24.2 Å². The second-order valence-electron chi connectivity index (χ2n) is 6.96. The molecule has 0 bridgehead atoms. The van der Waals surface area contributed by atoms with Gasteiger partial charge in [0.15, 0.2) is 5.43 Å². The first-order valence-electron chi connectivity index (χ1n) is 10.7. The lowest BCUT2D eigenvalue weighted by Crippen LogP contribution is -2.16. The van der Waals surface area contributed by atoms with Crippen molar-refractivity contribution in [3.63, 3.8) is 0 Å². The third-order valence-corrected chi connectivity index (χ3v) is 4.67. The molecule has 0 aromatic carbocycles. The Kier molecular flexibility index (Phi) is 9.80. The number of hydrogen-bond acceptors (Lipinski definition) is 6. The summed E-state index contributed by atoms with van der Waals surface area (Å²) in [6.07, 6.45) is 19.2. The minimum absolute atomic E-state index is 0.152. The van der Waals surface area contributed by atoms with Crippen molar-refractivity contribution in [2.24, 2.45) is 5.73 Å². The number of pyridine rings is 2. The largest absolute Gasteiger partial charge is 0.377 e. The topological polar surface area (TPSA) is 102 Å². The first kappa shape index (κ1) is 25.3. The lowest BCUT2D eigenvalue weighted by atomic mass is 10.2. The zero-order valence-corrected chi connectivity index (χ0v) is 19.3. The number of rotatable bonds is 8. The van der Waals surface area contributed by atoms with E-state index in [4.69, 9.17) is 4.98 Å². The number of allylic oxidation sites excluding steroid dienone is 10. The van der Waals surface area contributed by atoms with Crippen LogP contribution in [0.5, 0.6) is 0 Å². The Morgan fingerprint density at radius 3 is 2.79 bits per heavy atom. The van der Waals surface area contributed by atoms with Gasteiger partial charge in [0.25, 0.3) is 0 Å². The molecular formula is C26H31N5O2. The number of nitrogens with one attached hydrogen (secondary N) is 2. The summed E-state index contributed by atoms with van der Waals surface area (Å²) in [5.74, 6) is 0.569. The summed E-state index contributed by atoms with van der Waals surface area (Å²) in [7, 11) is 1.50. The van der Waals surface area contributed by atoms with Gasteiger partial charge in [0.1, 0.15) is 17.8 Å². The van der Waals surface area contributed by atoms with Gasteiger partial charge in [0.2, 0.25) is 0 Å². The number of hydrogen-bond donors (Lipinski definition) is 3. The van der Waals surface area contributed by atoms with E-state index in [1.54, 1.807) is 12.1 Å². The van der Waals surface area contributed by atoms with Crippen LogP contribution >= 0.6 is 0 Å². The maximum atomic E-state index is 13.0. The van der Waals surface area contributed by atoms with E-state index in [9.17, 15) is 9.59 Å². The molecule has 0 unspecified atom stereocenters. The van der Waals surface area contributed by atoms with E-state index >= 15 is 0 Å². The second kappa shape index (κ2) is 12.8. The van der Waals surface area contributed by atoms with Gasteiger partial charge >= 0.3 is 0 Å². The molecule has 0 atom stereocenters. The number of aldehydes is 1. The van der Waals surface area contributed by atoms with Gasteiger partial charge in [-0.2, -0.15) is 0 Å². The van der Waals surface area contributed by atoms with Crippen LogP contribution in [0, 0.1) is 6.92 Å². The highest BCUT2D eigenvalue weighted by Crippen LogP contribution is 2.26. The number of carbonyl (C=O) groups excluding carboxylic acids is 1. The van der Waals surface area contributed by atoms with Gasteiger partial charge in [-0.15, -0.1) is 0 Å². The predicted molar refractivity (Wildman–Crippen MR) is 139 cm³/mol. The summed E-state index contributed by atoms with van der Waals surface area (Å²) in [6.45, 7) is 7.97. The number of aromatic nitrogens is 2. The molecule has 7 heteroatoms. The van der Waals surface area contributed by atoms with Crippen molar-refractivity contribution in [3.8, 4) is 0 Å². The molecule has 0 aliphatic heterocycles. The van der Waals surface area contributed by atoms with Crippen LogP contribution in [-0.2, 0) is 4.79 Å². The molecular weight excluding hydrogens is 414 g/mol. The number of nitrogens with two attached hydrogens (primary N) is 1. The molecule has 33 heavy (non-hydrogen) atoms. The van der Waals surface area contributed by atoms with Gasteiger partial charge in [-0.25, -0.2) is 4.98 Å². The predicted octanol–water partition coefficient (Wildman–Crippen LogP) is 4.31. The van der Waals surface area contributed by atoms with Crippen molar-refractivity contribution < 1.29 is 4.79 Å². The number of nitrogens with zero attached hydrogens (tertiary/aromatic N) is 2. The maximum absolute atomic E-state index is 13.0. The molecule has 172 valence electrons. The minimum atomic E-state index is -0.172. The molecule has 0 fully saturated rings. The summed E-state index contributed by atoms with van der Waals surface area (Å²) in [6, 6.07) is 3.29. The van der Waals surface area contributed by atoms with E-state index < -0.39 is 0 Å². The van der Waals surface area contributed by atoms with Gasteiger partial charge < -0.3 is 21.2 Å². The van der Waals surface area contributed by atoms with Crippen LogP contribution in [0.2, 0.25) is 0 Å². The van der Waals surface area contributed by atoms with Gasteiger partial charge in [0, 0.05) is 17.5 Å². The fraction of sp³-hybridized carbons (Fsp3) is 0.192. The van der Waals surface area contributed by atoms with Crippen molar-refractivity contribution in [2.45, 2.75) is 20.3 Å². The van der Waals surface area contributed by atoms with Crippen LogP contribution in [0.1, 0.15) is 19.0 Å². The third kappa shape index (κ3) is 6.51. The van der Waals surface area contributed by atoms with E-state index in [2.05, 4.69) is 35.1 Å².